The van der Waals surface area contributed by atoms with Gasteiger partial charge in [-0.3, -0.25) is 0 Å². The van der Waals surface area contributed by atoms with Crippen LogP contribution in [0.25, 0.3) is 21.8 Å². The lowest BCUT2D eigenvalue weighted by molar-refractivity contribution is 0.155. The quantitative estimate of drug-likeness (QED) is 0.609. The van der Waals surface area contributed by atoms with Gasteiger partial charge in [-0.05, 0) is 36.4 Å². The summed E-state index contributed by atoms with van der Waals surface area (Å²) in [6.45, 7) is 1.86. The van der Waals surface area contributed by atoms with E-state index in [4.69, 9.17) is 5.73 Å². The molecule has 0 unspecified atom stereocenters. The van der Waals surface area contributed by atoms with Crippen molar-refractivity contribution in [2.75, 3.05) is 19.6 Å². The predicted octanol–water partition coefficient (Wildman–Crippen LogP) is 1.98. The summed E-state index contributed by atoms with van der Waals surface area (Å²) in [6, 6.07) is 8.84. The number of nitrogens with zero attached hydrogens (tertiary/aromatic N) is 1. The number of hydrogen-bond acceptors (Lipinski definition) is 3. The van der Waals surface area contributed by atoms with Gasteiger partial charge < -0.3 is 20.7 Å². The maximum Gasteiger partial charge on any atom is 0.123 e. The van der Waals surface area contributed by atoms with Gasteiger partial charge in [-0.2, -0.15) is 0 Å². The highest BCUT2D eigenvalue weighted by molar-refractivity contribution is 6.08. The third kappa shape index (κ3) is 3.19. The topological polar surface area (TPSA) is 63.2 Å². The molecule has 0 amide bonds. The molecule has 4 N–H and O–H groups in total. The van der Waals surface area contributed by atoms with Crippen LogP contribution in [-0.2, 0) is 6.54 Å². The first kappa shape index (κ1) is 15.9. The van der Waals surface area contributed by atoms with Crippen molar-refractivity contribution in [1.82, 2.24) is 9.88 Å². The molecule has 0 fully saturated rings. The van der Waals surface area contributed by atoms with Crippen LogP contribution in [0, 0.1) is 11.6 Å². The molecule has 0 saturated carbocycles. The lowest BCUT2D eigenvalue weighted by Crippen LogP contribution is -2.33. The summed E-state index contributed by atoms with van der Waals surface area (Å²) in [5.74, 6) is -0.739. The molecule has 1 heterocycles. The van der Waals surface area contributed by atoms with Gasteiger partial charge in [-0.25, -0.2) is 8.78 Å². The summed E-state index contributed by atoms with van der Waals surface area (Å²) in [5.41, 5.74) is 6.94. The van der Waals surface area contributed by atoms with Gasteiger partial charge in [0.15, 0.2) is 0 Å². The number of aromatic nitrogens is 1. The Morgan fingerprint density at radius 2 is 1.61 bits per heavy atom. The highest BCUT2D eigenvalue weighted by Crippen LogP contribution is 2.30. The maximum absolute atomic E-state index is 13.6. The first-order valence-electron chi connectivity index (χ1n) is 7.56. The normalized spacial score (nSPS) is 13.0. The minimum Gasteiger partial charge on any atom is -0.390 e. The van der Waals surface area contributed by atoms with Gasteiger partial charge in [0.05, 0.1) is 12.6 Å². The third-order valence-corrected chi connectivity index (χ3v) is 3.88. The zero-order valence-corrected chi connectivity index (χ0v) is 12.6. The van der Waals surface area contributed by atoms with E-state index in [1.165, 1.54) is 24.3 Å². The summed E-state index contributed by atoms with van der Waals surface area (Å²) in [5, 5.41) is 14.5. The molecule has 0 aliphatic heterocycles. The Bertz CT molecular complexity index is 772. The molecule has 0 radical (unpaired) electrons. The molecule has 0 bridgehead atoms. The predicted molar refractivity (Wildman–Crippen MR) is 87.3 cm³/mol. The molecule has 0 aliphatic rings. The van der Waals surface area contributed by atoms with Crippen LogP contribution in [0.3, 0.4) is 0 Å². The Balaban J connectivity index is 2.03. The van der Waals surface area contributed by atoms with Gasteiger partial charge in [0.1, 0.15) is 11.6 Å². The van der Waals surface area contributed by atoms with Crippen LogP contribution < -0.4 is 11.1 Å². The fourth-order valence-corrected chi connectivity index (χ4v) is 2.89. The van der Waals surface area contributed by atoms with Crippen LogP contribution in [0.2, 0.25) is 0 Å². The van der Waals surface area contributed by atoms with Crippen LogP contribution in [0.4, 0.5) is 8.78 Å². The Morgan fingerprint density at radius 3 is 2.13 bits per heavy atom. The Labute approximate surface area is 132 Å². The number of halogens is 2. The number of hydrogen-bond donors (Lipinski definition) is 3. The molecule has 0 aliphatic carbocycles. The average Bonchev–Trinajstić information content (AvgIpc) is 2.80. The molecule has 0 saturated heterocycles. The largest absolute Gasteiger partial charge is 0.390 e. The molecular formula is C17H19F2N3O. The lowest BCUT2D eigenvalue weighted by atomic mass is 10.1. The van der Waals surface area contributed by atoms with E-state index in [-0.39, 0.29) is 11.6 Å². The van der Waals surface area contributed by atoms with E-state index >= 15 is 0 Å². The second-order valence-corrected chi connectivity index (χ2v) is 5.58. The number of rotatable bonds is 6. The standard InChI is InChI=1S/C17H19F2N3O/c18-11-1-3-16-14(7-11)15-8-12(19)2-4-17(15)22(16)10-13(23)9-21-6-5-20/h1-4,7-8,13,21,23H,5-6,9-10,20H2/t13-/m0/s1. The lowest BCUT2D eigenvalue weighted by Gasteiger charge is -2.14. The van der Waals surface area contributed by atoms with Crippen molar-refractivity contribution < 1.29 is 13.9 Å². The van der Waals surface area contributed by atoms with Gasteiger partial charge in [0.25, 0.3) is 0 Å². The highest BCUT2D eigenvalue weighted by atomic mass is 19.1. The van der Waals surface area contributed by atoms with E-state index in [1.807, 2.05) is 4.57 Å². The molecule has 23 heavy (non-hydrogen) atoms. The molecule has 122 valence electrons. The van der Waals surface area contributed by atoms with Gasteiger partial charge in [0, 0.05) is 41.4 Å². The van der Waals surface area contributed by atoms with Crippen LogP contribution in [0.15, 0.2) is 36.4 Å². The Hall–Kier alpha value is -2.02. The van der Waals surface area contributed by atoms with E-state index in [0.29, 0.717) is 37.0 Å². The van der Waals surface area contributed by atoms with E-state index in [0.717, 1.165) is 11.0 Å². The summed E-state index contributed by atoms with van der Waals surface area (Å²) in [4.78, 5) is 0. The van der Waals surface area contributed by atoms with Gasteiger partial charge in [0.2, 0.25) is 0 Å². The van der Waals surface area contributed by atoms with E-state index in [2.05, 4.69) is 5.32 Å². The zero-order chi connectivity index (χ0) is 16.4. The zero-order valence-electron chi connectivity index (χ0n) is 12.6. The number of fused-ring (bicyclic) bond motifs is 3. The SMILES string of the molecule is NCCNC[C@H](O)Cn1c2ccc(F)cc2c2cc(F)ccc21. The molecule has 3 aromatic rings. The molecular weight excluding hydrogens is 300 g/mol. The molecule has 3 rings (SSSR count). The summed E-state index contributed by atoms with van der Waals surface area (Å²) < 4.78 is 29.0. The molecule has 0 spiro atoms. The molecule has 4 nitrogen and oxygen atoms in total. The number of nitrogens with one attached hydrogen (secondary N) is 1. The monoisotopic (exact) mass is 319 g/mol. The van der Waals surface area contributed by atoms with Crippen LogP contribution >= 0.6 is 0 Å². The van der Waals surface area contributed by atoms with Crippen LogP contribution in [0.1, 0.15) is 0 Å². The Kier molecular flexibility index (Phi) is 4.56. The molecule has 1 aromatic heterocycles. The summed E-state index contributed by atoms with van der Waals surface area (Å²) in [7, 11) is 0. The first-order chi connectivity index (χ1) is 11.1. The van der Waals surface area contributed by atoms with Crippen molar-refractivity contribution in [3.05, 3.63) is 48.0 Å². The van der Waals surface area contributed by atoms with Crippen molar-refractivity contribution in [3.8, 4) is 0 Å². The number of aliphatic hydroxyl groups excluding tert-OH is 1. The van der Waals surface area contributed by atoms with Crippen molar-refractivity contribution in [2.24, 2.45) is 5.73 Å². The minimum atomic E-state index is -0.629. The number of nitrogens with two attached hydrogens (primary N) is 1. The van der Waals surface area contributed by atoms with Gasteiger partial charge >= 0.3 is 0 Å². The number of benzene rings is 2. The van der Waals surface area contributed by atoms with Crippen molar-refractivity contribution >= 4 is 21.8 Å². The summed E-state index contributed by atoms with van der Waals surface area (Å²) in [6.07, 6.45) is -0.629. The average molecular weight is 319 g/mol. The maximum atomic E-state index is 13.6. The number of aliphatic hydroxyl groups is 1. The second kappa shape index (κ2) is 6.62. The van der Waals surface area contributed by atoms with Crippen LogP contribution in [-0.4, -0.2) is 35.4 Å². The molecule has 2 aromatic carbocycles. The second-order valence-electron chi connectivity index (χ2n) is 5.58. The van der Waals surface area contributed by atoms with Crippen LogP contribution in [0.5, 0.6) is 0 Å². The molecule has 1 atom stereocenters. The third-order valence-electron chi connectivity index (χ3n) is 3.88. The summed E-state index contributed by atoms with van der Waals surface area (Å²) >= 11 is 0. The van der Waals surface area contributed by atoms with Crippen molar-refractivity contribution in [1.29, 1.82) is 0 Å². The highest BCUT2D eigenvalue weighted by Gasteiger charge is 2.14. The smallest absolute Gasteiger partial charge is 0.123 e. The first-order valence-corrected chi connectivity index (χ1v) is 7.56. The van der Waals surface area contributed by atoms with Crippen molar-refractivity contribution in [3.63, 3.8) is 0 Å². The molecule has 6 heteroatoms. The Morgan fingerprint density at radius 1 is 1.04 bits per heavy atom. The van der Waals surface area contributed by atoms with Crippen molar-refractivity contribution in [2.45, 2.75) is 12.6 Å². The van der Waals surface area contributed by atoms with E-state index < -0.39 is 6.10 Å². The fraction of sp³-hybridized carbons (Fsp3) is 0.294. The fourth-order valence-electron chi connectivity index (χ4n) is 2.89. The van der Waals surface area contributed by atoms with E-state index in [9.17, 15) is 13.9 Å². The minimum absolute atomic E-state index is 0.328. The van der Waals surface area contributed by atoms with Gasteiger partial charge in [-0.1, -0.05) is 0 Å². The van der Waals surface area contributed by atoms with E-state index in [1.54, 1.807) is 12.1 Å². The van der Waals surface area contributed by atoms with Gasteiger partial charge in [-0.15, -0.1) is 0 Å².